The summed E-state index contributed by atoms with van der Waals surface area (Å²) in [5, 5.41) is 18.7. The number of urea groups is 1. The van der Waals surface area contributed by atoms with Crippen LogP contribution >= 0.6 is 11.8 Å². The SMILES string of the molecule is CC(C)C1SCC(C(=O)O)N1C(=O)N1CCC(O)C1. The molecule has 0 aromatic heterocycles. The summed E-state index contributed by atoms with van der Waals surface area (Å²) in [4.78, 5) is 26.8. The number of aliphatic carboxylic acids is 1. The lowest BCUT2D eigenvalue weighted by atomic mass is 10.1. The number of hydrogen-bond acceptors (Lipinski definition) is 4. The van der Waals surface area contributed by atoms with Gasteiger partial charge in [-0.1, -0.05) is 13.8 Å². The third-order valence-corrected chi connectivity index (χ3v) is 5.17. The first kappa shape index (κ1) is 14.5. The molecular weight excluding hydrogens is 268 g/mol. The fourth-order valence-corrected chi connectivity index (χ4v) is 4.02. The number of rotatable bonds is 2. The van der Waals surface area contributed by atoms with Crippen molar-refractivity contribution in [2.45, 2.75) is 37.8 Å². The van der Waals surface area contributed by atoms with Gasteiger partial charge in [-0.3, -0.25) is 4.90 Å². The second-order valence-electron chi connectivity index (χ2n) is 5.40. The Kier molecular flexibility index (Phi) is 4.25. The summed E-state index contributed by atoms with van der Waals surface area (Å²) >= 11 is 1.52. The Hall–Kier alpha value is -0.950. The second kappa shape index (κ2) is 5.58. The fourth-order valence-electron chi connectivity index (χ4n) is 2.55. The van der Waals surface area contributed by atoms with Crippen LogP contribution in [0.15, 0.2) is 0 Å². The van der Waals surface area contributed by atoms with Gasteiger partial charge in [0.15, 0.2) is 0 Å². The van der Waals surface area contributed by atoms with Crippen LogP contribution in [0.5, 0.6) is 0 Å². The van der Waals surface area contributed by atoms with Gasteiger partial charge < -0.3 is 15.1 Å². The number of carbonyl (C=O) groups excluding carboxylic acids is 1. The van der Waals surface area contributed by atoms with Crippen molar-refractivity contribution in [3.63, 3.8) is 0 Å². The van der Waals surface area contributed by atoms with Gasteiger partial charge in [0.1, 0.15) is 6.04 Å². The summed E-state index contributed by atoms with van der Waals surface area (Å²) in [7, 11) is 0. The number of carboxylic acids is 1. The zero-order chi connectivity index (χ0) is 14.2. The zero-order valence-corrected chi connectivity index (χ0v) is 12.0. The fraction of sp³-hybridized carbons (Fsp3) is 0.833. The predicted octanol–water partition coefficient (Wildman–Crippen LogP) is 0.657. The molecule has 2 heterocycles. The van der Waals surface area contributed by atoms with Gasteiger partial charge in [0.25, 0.3) is 0 Å². The molecule has 0 radical (unpaired) electrons. The van der Waals surface area contributed by atoms with E-state index < -0.39 is 18.1 Å². The van der Waals surface area contributed by atoms with Crippen LogP contribution < -0.4 is 0 Å². The van der Waals surface area contributed by atoms with E-state index in [1.165, 1.54) is 16.7 Å². The number of likely N-dealkylation sites (tertiary alicyclic amines) is 1. The maximum absolute atomic E-state index is 12.5. The molecule has 0 aromatic carbocycles. The molecule has 3 atom stereocenters. The van der Waals surface area contributed by atoms with E-state index in [9.17, 15) is 19.8 Å². The largest absolute Gasteiger partial charge is 0.480 e. The molecule has 2 fully saturated rings. The molecule has 2 saturated heterocycles. The Morgan fingerprint density at radius 1 is 1.37 bits per heavy atom. The zero-order valence-electron chi connectivity index (χ0n) is 11.2. The first-order valence-electron chi connectivity index (χ1n) is 6.51. The lowest BCUT2D eigenvalue weighted by Gasteiger charge is -2.33. The highest BCUT2D eigenvalue weighted by atomic mass is 32.2. The highest BCUT2D eigenvalue weighted by Crippen LogP contribution is 2.35. The minimum absolute atomic E-state index is 0.105. The van der Waals surface area contributed by atoms with Crippen molar-refractivity contribution in [1.82, 2.24) is 9.80 Å². The van der Waals surface area contributed by atoms with Crippen LogP contribution in [-0.2, 0) is 4.79 Å². The van der Waals surface area contributed by atoms with Crippen molar-refractivity contribution in [2.75, 3.05) is 18.8 Å². The molecule has 7 heteroatoms. The monoisotopic (exact) mass is 288 g/mol. The average Bonchev–Trinajstić information content (AvgIpc) is 2.93. The Bertz CT molecular complexity index is 377. The van der Waals surface area contributed by atoms with Crippen LogP contribution in [0, 0.1) is 5.92 Å². The second-order valence-corrected chi connectivity index (χ2v) is 6.55. The minimum Gasteiger partial charge on any atom is -0.480 e. The first-order chi connectivity index (χ1) is 8.91. The molecule has 3 unspecified atom stereocenters. The summed E-state index contributed by atoms with van der Waals surface area (Å²) in [6.45, 7) is 4.78. The van der Waals surface area contributed by atoms with Crippen LogP contribution in [0.4, 0.5) is 4.79 Å². The van der Waals surface area contributed by atoms with Gasteiger partial charge >= 0.3 is 12.0 Å². The third kappa shape index (κ3) is 2.81. The van der Waals surface area contributed by atoms with E-state index in [1.54, 1.807) is 4.90 Å². The standard InChI is InChI=1S/C12H20N2O4S/c1-7(2)10-14(9(6-19-10)11(16)17)12(18)13-4-3-8(15)5-13/h7-10,15H,3-6H2,1-2H3,(H,16,17). The molecule has 2 aliphatic rings. The number of amides is 2. The van der Waals surface area contributed by atoms with Crippen molar-refractivity contribution in [1.29, 1.82) is 0 Å². The highest BCUT2D eigenvalue weighted by Gasteiger charge is 2.45. The molecule has 2 amide bonds. The van der Waals surface area contributed by atoms with Crippen molar-refractivity contribution in [3.05, 3.63) is 0 Å². The van der Waals surface area contributed by atoms with Crippen LogP contribution in [0.1, 0.15) is 20.3 Å². The Morgan fingerprint density at radius 2 is 2.05 bits per heavy atom. The van der Waals surface area contributed by atoms with E-state index >= 15 is 0 Å². The molecule has 0 spiro atoms. The summed E-state index contributed by atoms with van der Waals surface area (Å²) < 4.78 is 0. The normalized spacial score (nSPS) is 31.3. The van der Waals surface area contributed by atoms with Gasteiger partial charge in [0.2, 0.25) is 0 Å². The van der Waals surface area contributed by atoms with E-state index in [4.69, 9.17) is 0 Å². The molecule has 2 rings (SSSR count). The average molecular weight is 288 g/mol. The van der Waals surface area contributed by atoms with E-state index in [0.29, 0.717) is 25.3 Å². The number of aliphatic hydroxyl groups excluding tert-OH is 1. The van der Waals surface area contributed by atoms with E-state index in [1.807, 2.05) is 13.8 Å². The van der Waals surface area contributed by atoms with Gasteiger partial charge in [0, 0.05) is 18.8 Å². The molecular formula is C12H20N2O4S. The highest BCUT2D eigenvalue weighted by molar-refractivity contribution is 8.00. The molecule has 2 aliphatic heterocycles. The molecule has 19 heavy (non-hydrogen) atoms. The summed E-state index contributed by atoms with van der Waals surface area (Å²) in [5.41, 5.74) is 0. The Balaban J connectivity index is 2.16. The third-order valence-electron chi connectivity index (χ3n) is 3.54. The van der Waals surface area contributed by atoms with E-state index in [0.717, 1.165) is 0 Å². The van der Waals surface area contributed by atoms with Crippen molar-refractivity contribution < 1.29 is 19.8 Å². The molecule has 2 N–H and O–H groups in total. The van der Waals surface area contributed by atoms with Crippen molar-refractivity contribution >= 4 is 23.8 Å². The van der Waals surface area contributed by atoms with Crippen LogP contribution in [0.25, 0.3) is 0 Å². The number of β-amino-alcohol motifs (C(OH)–C–C–N with tert-alkyl or cyclic N) is 1. The van der Waals surface area contributed by atoms with Crippen LogP contribution in [0.3, 0.4) is 0 Å². The molecule has 108 valence electrons. The number of nitrogens with zero attached hydrogens (tertiary/aromatic N) is 2. The molecule has 6 nitrogen and oxygen atoms in total. The van der Waals surface area contributed by atoms with Crippen LogP contribution in [-0.4, -0.2) is 68.4 Å². The van der Waals surface area contributed by atoms with Gasteiger partial charge in [-0.2, -0.15) is 0 Å². The Morgan fingerprint density at radius 3 is 2.53 bits per heavy atom. The predicted molar refractivity (Wildman–Crippen MR) is 71.9 cm³/mol. The van der Waals surface area contributed by atoms with Crippen molar-refractivity contribution in [2.24, 2.45) is 5.92 Å². The summed E-state index contributed by atoms with van der Waals surface area (Å²) in [6, 6.07) is -1.02. The lowest BCUT2D eigenvalue weighted by molar-refractivity contribution is -0.141. The number of carboxylic acid groups (broad SMARTS) is 1. The van der Waals surface area contributed by atoms with Gasteiger partial charge in [-0.15, -0.1) is 11.8 Å². The number of aliphatic hydroxyl groups is 1. The molecule has 0 saturated carbocycles. The molecule has 0 aromatic rings. The van der Waals surface area contributed by atoms with E-state index in [2.05, 4.69) is 0 Å². The summed E-state index contributed by atoms with van der Waals surface area (Å²) in [6.07, 6.45) is 0.0802. The maximum atomic E-state index is 12.5. The number of thioether (sulfide) groups is 1. The van der Waals surface area contributed by atoms with E-state index in [-0.39, 0.29) is 17.3 Å². The maximum Gasteiger partial charge on any atom is 0.327 e. The summed E-state index contributed by atoms with van der Waals surface area (Å²) in [5.74, 6) is -0.324. The molecule has 0 aliphatic carbocycles. The quantitative estimate of drug-likeness (QED) is 0.780. The minimum atomic E-state index is -0.955. The van der Waals surface area contributed by atoms with Crippen LogP contribution in [0.2, 0.25) is 0 Å². The number of carbonyl (C=O) groups is 2. The van der Waals surface area contributed by atoms with Gasteiger partial charge in [0.05, 0.1) is 11.5 Å². The smallest absolute Gasteiger partial charge is 0.327 e. The Labute approximate surface area is 116 Å². The van der Waals surface area contributed by atoms with Gasteiger partial charge in [-0.25, -0.2) is 9.59 Å². The van der Waals surface area contributed by atoms with Crippen molar-refractivity contribution in [3.8, 4) is 0 Å². The number of hydrogen-bond donors (Lipinski definition) is 2. The van der Waals surface area contributed by atoms with Gasteiger partial charge in [-0.05, 0) is 12.3 Å². The molecule has 0 bridgehead atoms. The topological polar surface area (TPSA) is 81.1 Å². The lowest BCUT2D eigenvalue weighted by Crippen LogP contribution is -2.52. The first-order valence-corrected chi connectivity index (χ1v) is 7.56.